The molecule has 18 rings (SSSR count). The first-order valence-electron chi connectivity index (χ1n) is 30.2. The topological polar surface area (TPSA) is 151 Å². The highest BCUT2D eigenvalue weighted by Crippen LogP contribution is 2.42. The highest BCUT2D eigenvalue weighted by Gasteiger charge is 2.38. The molecule has 0 unspecified atom stereocenters. The van der Waals surface area contributed by atoms with Crippen molar-refractivity contribution in [1.82, 2.24) is 15.0 Å². The molecule has 0 bridgehead atoms. The van der Waals surface area contributed by atoms with Crippen LogP contribution in [-0.2, 0) is 0 Å². The maximum absolute atomic E-state index is 13.5. The fourth-order valence-electron chi connectivity index (χ4n) is 13.2. The monoisotopic (exact) mass is 1200 g/mol. The number of aromatic nitrogens is 3. The van der Waals surface area contributed by atoms with E-state index < -0.39 is 0 Å². The maximum atomic E-state index is 13.5. The molecular formula is C81H48N6O6. The van der Waals surface area contributed by atoms with E-state index in [0.29, 0.717) is 66.6 Å². The van der Waals surface area contributed by atoms with Crippen LogP contribution in [0.2, 0.25) is 0 Å². The van der Waals surface area contributed by atoms with E-state index in [4.69, 9.17) is 0 Å². The van der Waals surface area contributed by atoms with E-state index in [-0.39, 0.29) is 35.4 Å². The second-order valence-corrected chi connectivity index (χ2v) is 22.8. The van der Waals surface area contributed by atoms with Crippen LogP contribution in [0.4, 0.5) is 17.1 Å². The van der Waals surface area contributed by atoms with Gasteiger partial charge >= 0.3 is 0 Å². The van der Waals surface area contributed by atoms with Crippen LogP contribution >= 0.6 is 0 Å². The first-order chi connectivity index (χ1) is 45.7. The van der Waals surface area contributed by atoms with Crippen LogP contribution in [0.1, 0.15) is 62.1 Å². The van der Waals surface area contributed by atoms with Gasteiger partial charge < -0.3 is 0 Å². The van der Waals surface area contributed by atoms with Crippen LogP contribution in [0.5, 0.6) is 0 Å². The van der Waals surface area contributed by atoms with Crippen molar-refractivity contribution in [3.8, 4) is 33.5 Å². The molecule has 3 aliphatic rings. The average molecular weight is 1200 g/mol. The number of carbonyl (C=O) groups excluding carboxylic acids is 6. The molecule has 0 aliphatic carbocycles. The van der Waals surface area contributed by atoms with Crippen molar-refractivity contribution in [3.63, 3.8) is 0 Å². The van der Waals surface area contributed by atoms with Gasteiger partial charge in [-0.3, -0.25) is 43.7 Å². The van der Waals surface area contributed by atoms with Crippen molar-refractivity contribution < 1.29 is 28.8 Å². The van der Waals surface area contributed by atoms with Gasteiger partial charge in [-0.15, -0.1) is 0 Å². The van der Waals surface area contributed by atoms with Crippen molar-refractivity contribution in [2.24, 2.45) is 0 Å². The predicted molar refractivity (Wildman–Crippen MR) is 367 cm³/mol. The summed E-state index contributed by atoms with van der Waals surface area (Å²) < 4.78 is 0. The van der Waals surface area contributed by atoms with Gasteiger partial charge in [-0.1, -0.05) is 158 Å². The van der Waals surface area contributed by atoms with Gasteiger partial charge in [0.25, 0.3) is 35.4 Å². The van der Waals surface area contributed by atoms with Gasteiger partial charge in [0.05, 0.1) is 22.8 Å². The number of fused-ring (bicyclic) bond motifs is 3. The number of rotatable bonds is 6. The molecule has 12 heteroatoms. The lowest BCUT2D eigenvalue weighted by molar-refractivity contribution is 0.0877. The first kappa shape index (κ1) is 55.4. The normalized spacial score (nSPS) is 13.2. The summed E-state index contributed by atoms with van der Waals surface area (Å²) in [6.07, 6.45) is 8.73. The Labute approximate surface area is 531 Å². The molecule has 0 atom stereocenters. The Morgan fingerprint density at radius 3 is 1.00 bits per heavy atom. The van der Waals surface area contributed by atoms with Crippen LogP contribution < -0.4 is 14.7 Å². The summed E-state index contributed by atoms with van der Waals surface area (Å²) in [4.78, 5) is 97.5. The van der Waals surface area contributed by atoms with E-state index in [1.165, 1.54) is 14.7 Å². The molecule has 12 aromatic carbocycles. The number of nitrogens with zero attached hydrogens (tertiary/aromatic N) is 6. The zero-order valence-electron chi connectivity index (χ0n) is 49.3. The number of benzene rings is 12. The molecule has 93 heavy (non-hydrogen) atoms. The van der Waals surface area contributed by atoms with Crippen LogP contribution in [-0.4, -0.2) is 50.4 Å². The fraction of sp³-hybridized carbons (Fsp3) is 0. The second-order valence-electron chi connectivity index (χ2n) is 22.8. The number of pyridine rings is 3. The molecule has 0 saturated carbocycles. The van der Waals surface area contributed by atoms with Gasteiger partial charge in [0, 0.05) is 91.7 Å². The van der Waals surface area contributed by atoms with Gasteiger partial charge in [0.2, 0.25) is 0 Å². The van der Waals surface area contributed by atoms with E-state index in [0.717, 1.165) is 82.0 Å². The Hall–Kier alpha value is -12.9. The fourth-order valence-corrected chi connectivity index (χ4v) is 13.2. The number of imide groups is 3. The highest BCUT2D eigenvalue weighted by atomic mass is 16.2. The van der Waals surface area contributed by atoms with Gasteiger partial charge in [-0.25, -0.2) is 14.7 Å². The van der Waals surface area contributed by atoms with E-state index in [9.17, 15) is 28.8 Å². The number of carbonyl (C=O) groups is 6. The average Bonchev–Trinajstić information content (AvgIpc) is 0.751. The minimum Gasteiger partial charge on any atom is -0.268 e. The molecule has 6 amide bonds. The Morgan fingerprint density at radius 2 is 0.602 bits per heavy atom. The summed E-state index contributed by atoms with van der Waals surface area (Å²) in [5, 5.41) is 10.9. The molecule has 0 spiro atoms. The molecule has 15 aromatic rings. The minimum absolute atomic E-state index is 0.301. The van der Waals surface area contributed by atoms with Crippen LogP contribution in [0.3, 0.4) is 0 Å². The standard InChI is InChI=1S/3C27H16N2O2/c30-26-23-9-3-8-22-21(19-7-4-14-28-16-19)12-13-24(25(22)23)27(31)29(26)20-11-10-17-5-1-2-6-18(17)15-20;30-26-22-9-5-8-21-20(24-10-3-4-15-28-24)13-14-23(25(21)22)27(31)29(26)19-12-11-17-6-1-2-7-18(17)16-19;30-26-23-7-3-6-22-21(18-12-14-28-15-13-18)10-11-24(25(22)23)27(31)29(26)20-9-8-17-4-1-2-5-19(17)16-20/h3*1-16H. The summed E-state index contributed by atoms with van der Waals surface area (Å²) in [5.74, 6) is -1.83. The maximum Gasteiger partial charge on any atom is 0.265 e. The highest BCUT2D eigenvalue weighted by molar-refractivity contribution is 6.39. The van der Waals surface area contributed by atoms with E-state index >= 15 is 0 Å². The van der Waals surface area contributed by atoms with Crippen molar-refractivity contribution in [2.45, 2.75) is 0 Å². The lowest BCUT2D eigenvalue weighted by Crippen LogP contribution is -2.40. The Morgan fingerprint density at radius 1 is 0.237 bits per heavy atom. The Bertz CT molecular complexity index is 5060. The van der Waals surface area contributed by atoms with Crippen LogP contribution in [0, 0.1) is 0 Å². The summed E-state index contributed by atoms with van der Waals surface area (Å²) in [5.41, 5.74) is 10.5. The Kier molecular flexibility index (Phi) is 13.5. The third-order valence-electron chi connectivity index (χ3n) is 17.6. The molecule has 6 heterocycles. The second kappa shape index (κ2) is 22.6. The van der Waals surface area contributed by atoms with E-state index in [2.05, 4.69) is 15.0 Å². The number of amides is 6. The summed E-state index contributed by atoms with van der Waals surface area (Å²) in [6.45, 7) is 0. The lowest BCUT2D eigenvalue weighted by atomic mass is 9.89. The molecule has 0 saturated heterocycles. The van der Waals surface area contributed by atoms with Crippen molar-refractivity contribution in [3.05, 3.63) is 325 Å². The Balaban J connectivity index is 0.000000111. The van der Waals surface area contributed by atoms with Crippen molar-refractivity contribution >= 4 is 117 Å². The van der Waals surface area contributed by atoms with Gasteiger partial charge in [0.15, 0.2) is 0 Å². The minimum atomic E-state index is -0.309. The molecule has 3 aromatic heterocycles. The molecular weight excluding hydrogens is 1150 g/mol. The summed E-state index contributed by atoms with van der Waals surface area (Å²) in [6, 6.07) is 82.2. The van der Waals surface area contributed by atoms with Crippen molar-refractivity contribution in [1.29, 1.82) is 0 Å². The van der Waals surface area contributed by atoms with Crippen LogP contribution in [0.25, 0.3) is 98.1 Å². The predicted octanol–water partition coefficient (Wildman–Crippen LogP) is 17.6. The largest absolute Gasteiger partial charge is 0.268 e. The molecule has 438 valence electrons. The van der Waals surface area contributed by atoms with E-state index in [1.54, 1.807) is 55.2 Å². The molecule has 3 aliphatic heterocycles. The quantitative estimate of drug-likeness (QED) is 0.148. The smallest absolute Gasteiger partial charge is 0.265 e. The lowest BCUT2D eigenvalue weighted by Gasteiger charge is -2.28. The third kappa shape index (κ3) is 9.35. The van der Waals surface area contributed by atoms with Crippen molar-refractivity contribution in [2.75, 3.05) is 14.7 Å². The van der Waals surface area contributed by atoms with Gasteiger partial charge in [-0.05, 0) is 168 Å². The SMILES string of the molecule is O=C1c2cccc3c(-c4ccccn4)ccc(c23)C(=O)N1c1ccc2ccccc2c1.O=C1c2cccc3c(-c4cccnc4)ccc(c23)C(=O)N1c1ccc2ccccc2c1.O=C1c2cccc3c(-c4ccncc4)ccc(c23)C(=O)N1c1ccc2ccccc2c1. The van der Waals surface area contributed by atoms with Crippen LogP contribution in [0.15, 0.2) is 292 Å². The first-order valence-corrected chi connectivity index (χ1v) is 30.2. The molecule has 12 nitrogen and oxygen atoms in total. The van der Waals surface area contributed by atoms with E-state index in [1.807, 2.05) is 237 Å². The van der Waals surface area contributed by atoms with Gasteiger partial charge in [0.1, 0.15) is 0 Å². The molecule has 0 radical (unpaired) electrons. The summed E-state index contributed by atoms with van der Waals surface area (Å²) in [7, 11) is 0. The summed E-state index contributed by atoms with van der Waals surface area (Å²) >= 11 is 0. The van der Waals surface area contributed by atoms with Gasteiger partial charge in [-0.2, -0.15) is 0 Å². The molecule has 0 N–H and O–H groups in total. The molecule has 0 fully saturated rings. The number of hydrogen-bond donors (Lipinski definition) is 0. The zero-order valence-corrected chi connectivity index (χ0v) is 49.3. The zero-order chi connectivity index (χ0) is 62.8. The number of hydrogen-bond acceptors (Lipinski definition) is 9. The third-order valence-corrected chi connectivity index (χ3v) is 17.6. The number of anilines is 3.